The molecule has 4 rings (SSSR count). The number of fused-ring (bicyclic) bond motifs is 1. The van der Waals surface area contributed by atoms with Crippen molar-refractivity contribution >= 4 is 34.4 Å². The molecule has 0 radical (unpaired) electrons. The number of rotatable bonds is 7. The molecule has 4 aromatic heterocycles. The van der Waals surface area contributed by atoms with Crippen molar-refractivity contribution in [3.05, 3.63) is 60.3 Å². The Kier molecular flexibility index (Phi) is 5.77. The SMILES string of the molecule is O=C(Nc1ccccn1)[C@H](CCO)Oc1ncnc2c1cnn2-c1ncccc1Cl. The number of halogens is 1. The summed E-state index contributed by atoms with van der Waals surface area (Å²) in [4.78, 5) is 29.3. The maximum Gasteiger partial charge on any atom is 0.266 e. The number of ether oxygens (including phenoxy) is 1. The van der Waals surface area contributed by atoms with E-state index in [-0.39, 0.29) is 18.9 Å². The highest BCUT2D eigenvalue weighted by molar-refractivity contribution is 6.32. The fourth-order valence-corrected chi connectivity index (χ4v) is 2.95. The zero-order valence-corrected chi connectivity index (χ0v) is 16.3. The number of aliphatic hydroxyl groups excluding tert-OH is 1. The molecule has 11 heteroatoms. The van der Waals surface area contributed by atoms with Gasteiger partial charge in [0.15, 0.2) is 17.6 Å². The van der Waals surface area contributed by atoms with Crippen LogP contribution in [0.5, 0.6) is 5.88 Å². The number of carbonyl (C=O) groups is 1. The summed E-state index contributed by atoms with van der Waals surface area (Å²) in [6.07, 6.45) is 5.00. The topological polar surface area (TPSA) is 128 Å². The first-order valence-corrected chi connectivity index (χ1v) is 9.34. The van der Waals surface area contributed by atoms with Crippen molar-refractivity contribution in [2.45, 2.75) is 12.5 Å². The van der Waals surface area contributed by atoms with Crippen molar-refractivity contribution in [2.24, 2.45) is 0 Å². The number of hydrogen-bond acceptors (Lipinski definition) is 8. The van der Waals surface area contributed by atoms with Crippen LogP contribution in [-0.2, 0) is 4.79 Å². The summed E-state index contributed by atoms with van der Waals surface area (Å²) in [6, 6.07) is 8.53. The first-order valence-electron chi connectivity index (χ1n) is 8.96. The Balaban J connectivity index is 1.63. The Morgan fingerprint density at radius 3 is 2.80 bits per heavy atom. The maximum absolute atomic E-state index is 12.6. The predicted molar refractivity (Wildman–Crippen MR) is 108 cm³/mol. The fraction of sp³-hybridized carbons (Fsp3) is 0.158. The quantitative estimate of drug-likeness (QED) is 0.460. The molecular weight excluding hydrogens is 410 g/mol. The Hall–Kier alpha value is -3.63. The molecule has 30 heavy (non-hydrogen) atoms. The Labute approximate surface area is 175 Å². The molecule has 1 atom stereocenters. The summed E-state index contributed by atoms with van der Waals surface area (Å²) in [5, 5.41) is 17.2. The summed E-state index contributed by atoms with van der Waals surface area (Å²) in [7, 11) is 0. The van der Waals surface area contributed by atoms with Gasteiger partial charge >= 0.3 is 0 Å². The minimum absolute atomic E-state index is 0.0599. The number of anilines is 1. The van der Waals surface area contributed by atoms with Crippen molar-refractivity contribution < 1.29 is 14.6 Å². The predicted octanol–water partition coefficient (Wildman–Crippen LogP) is 2.03. The van der Waals surface area contributed by atoms with E-state index in [4.69, 9.17) is 16.3 Å². The lowest BCUT2D eigenvalue weighted by molar-refractivity contribution is -0.123. The van der Waals surface area contributed by atoms with Crippen LogP contribution >= 0.6 is 11.6 Å². The molecule has 0 unspecified atom stereocenters. The monoisotopic (exact) mass is 425 g/mol. The number of nitrogens with one attached hydrogen (secondary N) is 1. The highest BCUT2D eigenvalue weighted by Crippen LogP contribution is 2.26. The van der Waals surface area contributed by atoms with Crippen LogP contribution in [-0.4, -0.2) is 53.4 Å². The minimum Gasteiger partial charge on any atom is -0.464 e. The van der Waals surface area contributed by atoms with E-state index >= 15 is 0 Å². The lowest BCUT2D eigenvalue weighted by Gasteiger charge is -2.17. The number of pyridine rings is 2. The molecule has 2 N–H and O–H groups in total. The van der Waals surface area contributed by atoms with E-state index in [2.05, 4.69) is 30.4 Å². The molecule has 0 aromatic carbocycles. The molecule has 0 saturated carbocycles. The fourth-order valence-electron chi connectivity index (χ4n) is 2.74. The first-order chi connectivity index (χ1) is 14.7. The van der Waals surface area contributed by atoms with E-state index in [0.717, 1.165) is 0 Å². The van der Waals surface area contributed by atoms with Crippen LogP contribution < -0.4 is 10.1 Å². The Morgan fingerprint density at radius 2 is 2.03 bits per heavy atom. The summed E-state index contributed by atoms with van der Waals surface area (Å²) in [5.41, 5.74) is 0.411. The summed E-state index contributed by atoms with van der Waals surface area (Å²) in [5.74, 6) is 0.459. The standard InChI is InChI=1S/C19H16ClN7O3/c20-13-4-3-8-22-17(13)27-16-12(10-25-27)19(24-11-23-16)30-14(6-9-28)18(29)26-15-5-1-2-7-21-15/h1-5,7-8,10-11,14,28H,6,9H2,(H,21,26,29)/t14-/m0/s1. The lowest BCUT2D eigenvalue weighted by Crippen LogP contribution is -2.34. The van der Waals surface area contributed by atoms with Crippen LogP contribution in [0.2, 0.25) is 5.02 Å². The van der Waals surface area contributed by atoms with Gasteiger partial charge < -0.3 is 15.2 Å². The summed E-state index contributed by atoms with van der Waals surface area (Å²) in [6.45, 7) is -0.253. The van der Waals surface area contributed by atoms with Gasteiger partial charge in [0, 0.05) is 25.4 Å². The van der Waals surface area contributed by atoms with Gasteiger partial charge in [-0.05, 0) is 24.3 Å². The molecular formula is C19H16ClN7O3. The Morgan fingerprint density at radius 1 is 1.17 bits per heavy atom. The molecule has 152 valence electrons. The average Bonchev–Trinajstić information content (AvgIpc) is 3.19. The summed E-state index contributed by atoms with van der Waals surface area (Å²) >= 11 is 6.22. The van der Waals surface area contributed by atoms with Crippen molar-refractivity contribution in [1.82, 2.24) is 29.7 Å². The van der Waals surface area contributed by atoms with Gasteiger partial charge in [-0.2, -0.15) is 9.78 Å². The molecule has 10 nitrogen and oxygen atoms in total. The van der Waals surface area contributed by atoms with Gasteiger partial charge in [-0.25, -0.2) is 19.9 Å². The van der Waals surface area contributed by atoms with E-state index in [1.807, 2.05) is 0 Å². The molecule has 4 heterocycles. The average molecular weight is 426 g/mol. The first kappa shape index (κ1) is 19.7. The van der Waals surface area contributed by atoms with Crippen LogP contribution in [0, 0.1) is 0 Å². The number of hydrogen-bond donors (Lipinski definition) is 2. The second kappa shape index (κ2) is 8.80. The van der Waals surface area contributed by atoms with Gasteiger partial charge in [0.1, 0.15) is 17.5 Å². The van der Waals surface area contributed by atoms with Gasteiger partial charge in [-0.1, -0.05) is 17.7 Å². The largest absolute Gasteiger partial charge is 0.464 e. The lowest BCUT2D eigenvalue weighted by atomic mass is 10.2. The molecule has 4 aromatic rings. The number of carbonyl (C=O) groups excluding carboxylic acids is 1. The summed E-state index contributed by atoms with van der Waals surface area (Å²) < 4.78 is 7.28. The minimum atomic E-state index is -1.00. The normalized spacial score (nSPS) is 11.9. The molecule has 0 fully saturated rings. The smallest absolute Gasteiger partial charge is 0.266 e. The molecule has 0 bridgehead atoms. The third-order valence-corrected chi connectivity index (χ3v) is 4.42. The maximum atomic E-state index is 12.6. The third-order valence-electron chi connectivity index (χ3n) is 4.12. The second-order valence-electron chi connectivity index (χ2n) is 6.10. The van der Waals surface area contributed by atoms with Crippen molar-refractivity contribution in [2.75, 3.05) is 11.9 Å². The van der Waals surface area contributed by atoms with E-state index in [9.17, 15) is 9.90 Å². The third kappa shape index (κ3) is 4.04. The number of aliphatic hydroxyl groups is 1. The zero-order valence-electron chi connectivity index (χ0n) is 15.5. The highest BCUT2D eigenvalue weighted by Gasteiger charge is 2.23. The van der Waals surface area contributed by atoms with Crippen LogP contribution in [0.4, 0.5) is 5.82 Å². The zero-order chi connectivity index (χ0) is 20.9. The molecule has 0 saturated heterocycles. The molecule has 0 aliphatic heterocycles. The van der Waals surface area contributed by atoms with Gasteiger partial charge in [0.05, 0.1) is 11.2 Å². The van der Waals surface area contributed by atoms with Gasteiger partial charge in [-0.3, -0.25) is 4.79 Å². The van der Waals surface area contributed by atoms with E-state index < -0.39 is 12.0 Å². The van der Waals surface area contributed by atoms with Crippen molar-refractivity contribution in [3.8, 4) is 11.7 Å². The van der Waals surface area contributed by atoms with E-state index in [1.54, 1.807) is 42.7 Å². The van der Waals surface area contributed by atoms with E-state index in [0.29, 0.717) is 27.7 Å². The molecule has 0 aliphatic carbocycles. The second-order valence-corrected chi connectivity index (χ2v) is 6.51. The van der Waals surface area contributed by atoms with Crippen LogP contribution in [0.15, 0.2) is 55.2 Å². The van der Waals surface area contributed by atoms with Crippen molar-refractivity contribution in [1.29, 1.82) is 0 Å². The number of amides is 1. The van der Waals surface area contributed by atoms with Crippen LogP contribution in [0.1, 0.15) is 6.42 Å². The van der Waals surface area contributed by atoms with Crippen LogP contribution in [0.3, 0.4) is 0 Å². The molecule has 0 spiro atoms. The molecule has 1 amide bonds. The highest BCUT2D eigenvalue weighted by atomic mass is 35.5. The van der Waals surface area contributed by atoms with Gasteiger partial charge in [0.2, 0.25) is 5.88 Å². The van der Waals surface area contributed by atoms with E-state index in [1.165, 1.54) is 17.2 Å². The van der Waals surface area contributed by atoms with Crippen molar-refractivity contribution in [3.63, 3.8) is 0 Å². The van der Waals surface area contributed by atoms with Gasteiger partial charge in [0.25, 0.3) is 5.91 Å². The van der Waals surface area contributed by atoms with Gasteiger partial charge in [-0.15, -0.1) is 0 Å². The number of nitrogens with zero attached hydrogens (tertiary/aromatic N) is 6. The number of aromatic nitrogens is 6. The van der Waals surface area contributed by atoms with Crippen LogP contribution in [0.25, 0.3) is 16.9 Å². The molecule has 0 aliphatic rings. The Bertz CT molecular complexity index is 1170.